The highest BCUT2D eigenvalue weighted by molar-refractivity contribution is 7.25. The molecule has 56 heavy (non-hydrogen) atoms. The van der Waals surface area contributed by atoms with Gasteiger partial charge in [-0.25, -0.2) is 0 Å². The second kappa shape index (κ2) is 13.4. The van der Waals surface area contributed by atoms with Gasteiger partial charge in [-0.3, -0.25) is 0 Å². The van der Waals surface area contributed by atoms with Crippen LogP contribution in [0.4, 0.5) is 17.1 Å². The molecule has 11 aromatic rings. The fourth-order valence-corrected chi connectivity index (χ4v) is 9.60. The van der Waals surface area contributed by atoms with Crippen LogP contribution in [-0.4, -0.2) is 0 Å². The van der Waals surface area contributed by atoms with Gasteiger partial charge in [0.2, 0.25) is 0 Å². The van der Waals surface area contributed by atoms with Crippen LogP contribution >= 0.6 is 11.3 Å². The molecule has 0 aliphatic rings. The third-order valence-electron chi connectivity index (χ3n) is 11.2. The maximum Gasteiger partial charge on any atom is 0.0476 e. The minimum Gasteiger partial charge on any atom is -0.310 e. The molecule has 0 spiro atoms. The molecule has 0 radical (unpaired) electrons. The van der Waals surface area contributed by atoms with Crippen molar-refractivity contribution in [2.45, 2.75) is 0 Å². The largest absolute Gasteiger partial charge is 0.310 e. The van der Waals surface area contributed by atoms with Crippen molar-refractivity contribution in [1.82, 2.24) is 0 Å². The molecule has 262 valence electrons. The van der Waals surface area contributed by atoms with Crippen LogP contribution in [-0.2, 0) is 0 Å². The van der Waals surface area contributed by atoms with Crippen LogP contribution in [0.1, 0.15) is 0 Å². The summed E-state index contributed by atoms with van der Waals surface area (Å²) in [6, 6.07) is 77.7. The molecule has 0 unspecified atom stereocenters. The van der Waals surface area contributed by atoms with Crippen molar-refractivity contribution in [3.63, 3.8) is 0 Å². The molecule has 0 bridgehead atoms. The first-order valence-corrected chi connectivity index (χ1v) is 20.0. The predicted octanol–water partition coefficient (Wildman–Crippen LogP) is 16.0. The zero-order valence-electron chi connectivity index (χ0n) is 30.6. The average Bonchev–Trinajstić information content (AvgIpc) is 3.62. The van der Waals surface area contributed by atoms with E-state index < -0.39 is 0 Å². The Morgan fingerprint density at radius 2 is 0.821 bits per heavy atom. The molecule has 11 rings (SSSR count). The van der Waals surface area contributed by atoms with E-state index in [0.29, 0.717) is 0 Å². The van der Waals surface area contributed by atoms with E-state index >= 15 is 0 Å². The van der Waals surface area contributed by atoms with Crippen LogP contribution in [0.25, 0.3) is 85.9 Å². The summed E-state index contributed by atoms with van der Waals surface area (Å²) in [6.07, 6.45) is 0. The Kier molecular flexibility index (Phi) is 7.75. The molecule has 0 saturated carbocycles. The van der Waals surface area contributed by atoms with Gasteiger partial charge in [0.05, 0.1) is 0 Å². The molecule has 0 aliphatic carbocycles. The molecule has 10 aromatic carbocycles. The molecule has 0 amide bonds. The Labute approximate surface area is 330 Å². The second-order valence-corrected chi connectivity index (χ2v) is 15.6. The topological polar surface area (TPSA) is 3.24 Å². The second-order valence-electron chi connectivity index (χ2n) is 14.5. The maximum absolute atomic E-state index is 2.41. The lowest BCUT2D eigenvalue weighted by atomic mass is 9.93. The molecule has 0 atom stereocenters. The molecule has 1 aromatic heterocycles. The normalized spacial score (nSPS) is 11.6. The monoisotopic (exact) mass is 729 g/mol. The Bertz CT molecular complexity index is 3230. The van der Waals surface area contributed by atoms with Gasteiger partial charge in [0.1, 0.15) is 0 Å². The summed E-state index contributed by atoms with van der Waals surface area (Å²) in [5.41, 5.74) is 10.6. The number of hydrogen-bond donors (Lipinski definition) is 0. The van der Waals surface area contributed by atoms with Crippen molar-refractivity contribution in [2.24, 2.45) is 0 Å². The number of thiophene rings is 1. The SMILES string of the molecule is c1ccc(-c2ccc(-c3cccc(N(c4ccc(-c5cc6ccccc6c6ccccc56)cc4)c4ccc5c(c4)sc4cc6ccccc6cc45)c3)cc2)cc1. The first kappa shape index (κ1) is 32.4. The van der Waals surface area contributed by atoms with Crippen LogP contribution in [0.15, 0.2) is 212 Å². The van der Waals surface area contributed by atoms with E-state index in [1.54, 1.807) is 0 Å². The summed E-state index contributed by atoms with van der Waals surface area (Å²) < 4.78 is 2.60. The number of nitrogens with zero attached hydrogens (tertiary/aromatic N) is 1. The minimum absolute atomic E-state index is 1.11. The van der Waals surface area contributed by atoms with Crippen molar-refractivity contribution in [3.8, 4) is 33.4 Å². The first-order chi connectivity index (χ1) is 27.7. The highest BCUT2D eigenvalue weighted by atomic mass is 32.1. The molecule has 0 saturated heterocycles. The quantitative estimate of drug-likeness (QED) is 0.154. The first-order valence-electron chi connectivity index (χ1n) is 19.2. The van der Waals surface area contributed by atoms with Gasteiger partial charge in [-0.05, 0) is 120 Å². The molecule has 0 N–H and O–H groups in total. The Balaban J connectivity index is 1.04. The van der Waals surface area contributed by atoms with Crippen LogP contribution in [0, 0.1) is 0 Å². The van der Waals surface area contributed by atoms with E-state index in [1.807, 2.05) is 11.3 Å². The van der Waals surface area contributed by atoms with Crippen LogP contribution in [0.2, 0.25) is 0 Å². The van der Waals surface area contributed by atoms with Crippen LogP contribution < -0.4 is 4.90 Å². The van der Waals surface area contributed by atoms with E-state index in [-0.39, 0.29) is 0 Å². The van der Waals surface area contributed by atoms with E-state index in [1.165, 1.54) is 85.9 Å². The summed E-state index contributed by atoms with van der Waals surface area (Å²) in [5.74, 6) is 0. The van der Waals surface area contributed by atoms with Gasteiger partial charge in [-0.2, -0.15) is 0 Å². The lowest BCUT2D eigenvalue weighted by Gasteiger charge is -2.26. The van der Waals surface area contributed by atoms with Crippen molar-refractivity contribution in [2.75, 3.05) is 4.90 Å². The summed E-state index contributed by atoms with van der Waals surface area (Å²) in [5, 5.41) is 10.3. The smallest absolute Gasteiger partial charge is 0.0476 e. The van der Waals surface area contributed by atoms with Crippen molar-refractivity contribution in [3.05, 3.63) is 212 Å². The highest BCUT2D eigenvalue weighted by Gasteiger charge is 2.17. The zero-order chi connectivity index (χ0) is 37.0. The number of hydrogen-bond acceptors (Lipinski definition) is 2. The lowest BCUT2D eigenvalue weighted by Crippen LogP contribution is -2.10. The van der Waals surface area contributed by atoms with Gasteiger partial charge >= 0.3 is 0 Å². The maximum atomic E-state index is 2.41. The van der Waals surface area contributed by atoms with Gasteiger partial charge in [0.15, 0.2) is 0 Å². The van der Waals surface area contributed by atoms with Gasteiger partial charge < -0.3 is 4.90 Å². The van der Waals surface area contributed by atoms with Gasteiger partial charge in [-0.15, -0.1) is 11.3 Å². The van der Waals surface area contributed by atoms with Crippen molar-refractivity contribution >= 4 is 80.9 Å². The van der Waals surface area contributed by atoms with Crippen molar-refractivity contribution < 1.29 is 0 Å². The predicted molar refractivity (Wildman–Crippen MR) is 243 cm³/mol. The highest BCUT2D eigenvalue weighted by Crippen LogP contribution is 2.43. The summed E-state index contributed by atoms with van der Waals surface area (Å²) in [6.45, 7) is 0. The molecular weight excluding hydrogens is 695 g/mol. The molecular formula is C54H35NS. The molecule has 1 nitrogen and oxygen atoms in total. The molecule has 0 fully saturated rings. The van der Waals surface area contributed by atoms with E-state index in [0.717, 1.165) is 17.1 Å². The average molecular weight is 730 g/mol. The summed E-state index contributed by atoms with van der Waals surface area (Å²) in [4.78, 5) is 2.41. The Hall–Kier alpha value is -7.00. The van der Waals surface area contributed by atoms with Crippen LogP contribution in [0.3, 0.4) is 0 Å². The summed E-state index contributed by atoms with van der Waals surface area (Å²) >= 11 is 1.87. The van der Waals surface area contributed by atoms with E-state index in [9.17, 15) is 0 Å². The number of anilines is 3. The van der Waals surface area contributed by atoms with Gasteiger partial charge in [0, 0.05) is 37.2 Å². The van der Waals surface area contributed by atoms with Crippen molar-refractivity contribution in [1.29, 1.82) is 0 Å². The number of benzene rings is 10. The zero-order valence-corrected chi connectivity index (χ0v) is 31.4. The standard InChI is InChI=1S/C54H35NS/c1-2-11-36(12-3-1)37-21-23-38(24-22-37)40-16-10-17-45(31-40)55(46-29-30-50-52-32-41-13-4-5-14-42(41)34-53(52)56-54(50)35-46)44-27-25-39(26-28-44)51-33-43-15-6-7-18-47(43)48-19-8-9-20-49(48)51/h1-35H. The van der Waals surface area contributed by atoms with Gasteiger partial charge in [0.25, 0.3) is 0 Å². The third-order valence-corrected chi connectivity index (χ3v) is 12.3. The molecule has 2 heteroatoms. The number of fused-ring (bicyclic) bond motifs is 7. The third kappa shape index (κ3) is 5.62. The van der Waals surface area contributed by atoms with Crippen LogP contribution in [0.5, 0.6) is 0 Å². The minimum atomic E-state index is 1.11. The number of rotatable bonds is 6. The van der Waals surface area contributed by atoms with Gasteiger partial charge in [-0.1, -0.05) is 158 Å². The Morgan fingerprint density at radius 3 is 1.61 bits per heavy atom. The molecule has 1 heterocycles. The van der Waals surface area contributed by atoms with E-state index in [2.05, 4.69) is 217 Å². The summed E-state index contributed by atoms with van der Waals surface area (Å²) in [7, 11) is 0. The Morgan fingerprint density at radius 1 is 0.268 bits per heavy atom. The van der Waals surface area contributed by atoms with E-state index in [4.69, 9.17) is 0 Å². The molecule has 0 aliphatic heterocycles. The lowest BCUT2D eigenvalue weighted by molar-refractivity contribution is 1.29. The fraction of sp³-hybridized carbons (Fsp3) is 0. The fourth-order valence-electron chi connectivity index (χ4n) is 8.43.